The van der Waals surface area contributed by atoms with Crippen molar-refractivity contribution in [3.63, 3.8) is 0 Å². The molecule has 84 valence electrons. The first-order chi connectivity index (χ1) is 8.35. The molecule has 0 radical (unpaired) electrons. The quantitative estimate of drug-likeness (QED) is 0.699. The van der Waals surface area contributed by atoms with Crippen LogP contribution in [0.4, 0.5) is 0 Å². The monoisotopic (exact) mass is 222 g/mol. The van der Waals surface area contributed by atoms with Gasteiger partial charge in [-0.05, 0) is 17.7 Å². The SMILES string of the molecule is C=Cc1ccccc1Cc1cccc[n+]1C=C. The van der Waals surface area contributed by atoms with Gasteiger partial charge in [0.15, 0.2) is 18.1 Å². The molecule has 0 aliphatic carbocycles. The number of aromatic nitrogens is 1. The number of rotatable bonds is 4. The normalized spacial score (nSPS) is 9.88. The molecular formula is C16H16N+. The predicted molar refractivity (Wildman–Crippen MR) is 72.4 cm³/mol. The van der Waals surface area contributed by atoms with Gasteiger partial charge in [0.05, 0.1) is 6.42 Å². The molecule has 1 heteroatoms. The van der Waals surface area contributed by atoms with Gasteiger partial charge in [-0.25, -0.2) is 0 Å². The van der Waals surface area contributed by atoms with E-state index in [1.807, 2.05) is 41.2 Å². The van der Waals surface area contributed by atoms with Crippen LogP contribution in [0.15, 0.2) is 61.8 Å². The molecule has 0 aliphatic heterocycles. The van der Waals surface area contributed by atoms with Crippen LogP contribution in [0.1, 0.15) is 16.8 Å². The molecule has 0 aliphatic rings. The topological polar surface area (TPSA) is 3.88 Å². The summed E-state index contributed by atoms with van der Waals surface area (Å²) in [4.78, 5) is 0. The fourth-order valence-electron chi connectivity index (χ4n) is 1.91. The third-order valence-corrected chi connectivity index (χ3v) is 2.82. The molecule has 0 atom stereocenters. The molecule has 2 rings (SSSR count). The Labute approximate surface area is 102 Å². The molecule has 1 heterocycles. The second kappa shape index (κ2) is 5.26. The van der Waals surface area contributed by atoms with Crippen LogP contribution in [0.25, 0.3) is 12.3 Å². The van der Waals surface area contributed by atoms with E-state index in [2.05, 4.69) is 37.4 Å². The first-order valence-corrected chi connectivity index (χ1v) is 5.67. The van der Waals surface area contributed by atoms with Gasteiger partial charge in [0, 0.05) is 12.1 Å². The van der Waals surface area contributed by atoms with E-state index in [9.17, 15) is 0 Å². The van der Waals surface area contributed by atoms with E-state index in [1.54, 1.807) is 0 Å². The molecular weight excluding hydrogens is 206 g/mol. The van der Waals surface area contributed by atoms with Crippen LogP contribution in [-0.4, -0.2) is 0 Å². The molecule has 1 aromatic heterocycles. The molecule has 0 unspecified atom stereocenters. The molecule has 17 heavy (non-hydrogen) atoms. The molecule has 0 saturated heterocycles. The molecule has 1 aromatic carbocycles. The van der Waals surface area contributed by atoms with E-state index in [-0.39, 0.29) is 0 Å². The summed E-state index contributed by atoms with van der Waals surface area (Å²) in [6.07, 6.45) is 6.62. The van der Waals surface area contributed by atoms with E-state index < -0.39 is 0 Å². The lowest BCUT2D eigenvalue weighted by atomic mass is 10.0. The van der Waals surface area contributed by atoms with Gasteiger partial charge in [-0.1, -0.05) is 43.0 Å². The maximum Gasteiger partial charge on any atom is 0.191 e. The third-order valence-electron chi connectivity index (χ3n) is 2.82. The van der Waals surface area contributed by atoms with Crippen molar-refractivity contribution < 1.29 is 4.57 Å². The largest absolute Gasteiger partial charge is 0.191 e. The van der Waals surface area contributed by atoms with Crippen LogP contribution in [0.3, 0.4) is 0 Å². The standard InChI is InChI=1S/C16H16N/c1-3-14-9-5-6-10-15(14)13-16-11-7-8-12-17(16)4-2/h3-12H,1-2,13H2/q+1. The Bertz CT molecular complexity index is 491. The molecule has 0 fully saturated rings. The predicted octanol–water partition coefficient (Wildman–Crippen LogP) is 3.31. The fourth-order valence-corrected chi connectivity index (χ4v) is 1.91. The summed E-state index contributed by atoms with van der Waals surface area (Å²) in [6, 6.07) is 14.5. The molecule has 0 spiro atoms. The summed E-state index contributed by atoms with van der Waals surface area (Å²) < 4.78 is 2.04. The number of nitrogens with zero attached hydrogens (tertiary/aromatic N) is 1. The minimum atomic E-state index is 0.884. The lowest BCUT2D eigenvalue weighted by Crippen LogP contribution is -2.30. The van der Waals surface area contributed by atoms with Crippen LogP contribution in [0, 0.1) is 0 Å². The summed E-state index contributed by atoms with van der Waals surface area (Å²) in [7, 11) is 0. The van der Waals surface area contributed by atoms with Crippen molar-refractivity contribution in [3.05, 3.63) is 78.6 Å². The fraction of sp³-hybridized carbons (Fsp3) is 0.0625. The minimum Gasteiger partial charge on any atom is -0.171 e. The van der Waals surface area contributed by atoms with Crippen molar-refractivity contribution in [2.24, 2.45) is 0 Å². The van der Waals surface area contributed by atoms with Crippen molar-refractivity contribution in [2.45, 2.75) is 6.42 Å². The lowest BCUT2D eigenvalue weighted by Gasteiger charge is -2.04. The summed E-state index contributed by atoms with van der Waals surface area (Å²) >= 11 is 0. The average Bonchev–Trinajstić information content (AvgIpc) is 2.40. The maximum atomic E-state index is 3.85. The van der Waals surface area contributed by atoms with Crippen molar-refractivity contribution in [2.75, 3.05) is 0 Å². The Hall–Kier alpha value is -2.15. The van der Waals surface area contributed by atoms with Crippen LogP contribution < -0.4 is 4.57 Å². The van der Waals surface area contributed by atoms with Crippen molar-refractivity contribution in [3.8, 4) is 0 Å². The van der Waals surface area contributed by atoms with E-state index in [1.165, 1.54) is 16.8 Å². The van der Waals surface area contributed by atoms with E-state index in [0.29, 0.717) is 0 Å². The van der Waals surface area contributed by atoms with Crippen LogP contribution in [0.2, 0.25) is 0 Å². The van der Waals surface area contributed by atoms with Crippen LogP contribution in [-0.2, 0) is 6.42 Å². The van der Waals surface area contributed by atoms with Gasteiger partial charge in [0.1, 0.15) is 0 Å². The van der Waals surface area contributed by atoms with Crippen LogP contribution in [0.5, 0.6) is 0 Å². The minimum absolute atomic E-state index is 0.884. The maximum absolute atomic E-state index is 3.85. The summed E-state index contributed by atoms with van der Waals surface area (Å²) in [5.74, 6) is 0. The summed E-state index contributed by atoms with van der Waals surface area (Å²) in [5.41, 5.74) is 3.69. The number of hydrogen-bond acceptors (Lipinski definition) is 0. The Morgan fingerprint density at radius 2 is 1.76 bits per heavy atom. The molecule has 0 N–H and O–H groups in total. The average molecular weight is 222 g/mol. The second-order valence-corrected chi connectivity index (χ2v) is 3.86. The zero-order valence-electron chi connectivity index (χ0n) is 9.84. The highest BCUT2D eigenvalue weighted by molar-refractivity contribution is 5.52. The second-order valence-electron chi connectivity index (χ2n) is 3.86. The van der Waals surface area contributed by atoms with E-state index in [0.717, 1.165) is 6.42 Å². The van der Waals surface area contributed by atoms with Crippen molar-refractivity contribution in [1.29, 1.82) is 0 Å². The summed E-state index contributed by atoms with van der Waals surface area (Å²) in [6.45, 7) is 7.67. The molecule has 0 saturated carbocycles. The number of hydrogen-bond donors (Lipinski definition) is 0. The zero-order valence-corrected chi connectivity index (χ0v) is 9.84. The van der Waals surface area contributed by atoms with Gasteiger partial charge in [-0.3, -0.25) is 0 Å². The third kappa shape index (κ3) is 2.51. The first kappa shape index (κ1) is 11.3. The molecule has 1 nitrogen and oxygen atoms in total. The van der Waals surface area contributed by atoms with E-state index in [4.69, 9.17) is 0 Å². The van der Waals surface area contributed by atoms with Crippen molar-refractivity contribution >= 4 is 12.3 Å². The van der Waals surface area contributed by atoms with Gasteiger partial charge in [-0.15, -0.1) is 0 Å². The summed E-state index contributed by atoms with van der Waals surface area (Å²) in [5, 5.41) is 0. The number of pyridine rings is 1. The lowest BCUT2D eigenvalue weighted by molar-refractivity contribution is -0.576. The Morgan fingerprint density at radius 1 is 1.00 bits per heavy atom. The van der Waals surface area contributed by atoms with Gasteiger partial charge >= 0.3 is 0 Å². The van der Waals surface area contributed by atoms with Gasteiger partial charge in [0.2, 0.25) is 0 Å². The Kier molecular flexibility index (Phi) is 3.51. The molecule has 0 amide bonds. The highest BCUT2D eigenvalue weighted by atomic mass is 14.9. The highest BCUT2D eigenvalue weighted by Crippen LogP contribution is 2.13. The first-order valence-electron chi connectivity index (χ1n) is 5.67. The highest BCUT2D eigenvalue weighted by Gasteiger charge is 2.09. The zero-order chi connectivity index (χ0) is 12.1. The Balaban J connectivity index is 2.37. The molecule has 0 bridgehead atoms. The van der Waals surface area contributed by atoms with Gasteiger partial charge in [0.25, 0.3) is 0 Å². The van der Waals surface area contributed by atoms with Gasteiger partial charge < -0.3 is 0 Å². The van der Waals surface area contributed by atoms with Crippen LogP contribution >= 0.6 is 0 Å². The smallest absolute Gasteiger partial charge is 0.171 e. The number of benzene rings is 1. The van der Waals surface area contributed by atoms with Gasteiger partial charge in [-0.2, -0.15) is 4.57 Å². The Morgan fingerprint density at radius 3 is 2.53 bits per heavy atom. The van der Waals surface area contributed by atoms with E-state index >= 15 is 0 Å². The van der Waals surface area contributed by atoms with Crippen molar-refractivity contribution in [1.82, 2.24) is 0 Å². The molecule has 2 aromatic rings.